The van der Waals surface area contributed by atoms with E-state index in [9.17, 15) is 0 Å². The van der Waals surface area contributed by atoms with Crippen molar-refractivity contribution in [1.29, 1.82) is 5.41 Å². The molecule has 1 fully saturated rings. The molecule has 1 atom stereocenters. The van der Waals surface area contributed by atoms with Crippen LogP contribution in [0.25, 0.3) is 10.8 Å². The van der Waals surface area contributed by atoms with E-state index in [0.717, 1.165) is 48.0 Å². The maximum atomic E-state index is 7.72. The van der Waals surface area contributed by atoms with Gasteiger partial charge in [-0.2, -0.15) is 0 Å². The van der Waals surface area contributed by atoms with Gasteiger partial charge in [0.1, 0.15) is 5.84 Å². The fraction of sp³-hybridized carbons (Fsp3) is 0.353. The van der Waals surface area contributed by atoms with Crippen molar-refractivity contribution < 1.29 is 4.74 Å². The molecule has 0 saturated carbocycles. The molecule has 4 heteroatoms. The fourth-order valence-electron chi connectivity index (χ4n) is 3.04. The number of ether oxygens (including phenoxy) is 1. The van der Waals surface area contributed by atoms with Crippen molar-refractivity contribution in [3.63, 3.8) is 0 Å². The number of anilines is 1. The van der Waals surface area contributed by atoms with Crippen molar-refractivity contribution in [2.45, 2.75) is 18.9 Å². The minimum absolute atomic E-state index is 0.111. The van der Waals surface area contributed by atoms with E-state index in [1.54, 1.807) is 0 Å². The maximum Gasteiger partial charge on any atom is 0.123 e. The standard InChI is InChI=1S/C17H21N3O/c1-20(11-12-5-4-10-21-12)16-9-8-15(17(18)19)13-6-2-3-7-14(13)16/h2-3,6-9,12H,4-5,10-11H2,1H3,(H3,18,19). The van der Waals surface area contributed by atoms with Crippen molar-refractivity contribution in [1.82, 2.24) is 0 Å². The monoisotopic (exact) mass is 283 g/mol. The summed E-state index contributed by atoms with van der Waals surface area (Å²) in [7, 11) is 2.09. The Balaban J connectivity index is 1.98. The predicted octanol–water partition coefficient (Wildman–Crippen LogP) is 2.74. The SMILES string of the molecule is CN(CC1CCCO1)c1ccc(C(=N)N)c2ccccc12. The van der Waals surface area contributed by atoms with Crippen LogP contribution < -0.4 is 10.6 Å². The molecule has 0 aromatic heterocycles. The lowest BCUT2D eigenvalue weighted by Gasteiger charge is -2.25. The molecule has 0 bridgehead atoms. The minimum Gasteiger partial charge on any atom is -0.384 e. The summed E-state index contributed by atoms with van der Waals surface area (Å²) in [6, 6.07) is 12.1. The van der Waals surface area contributed by atoms with Crippen LogP contribution in [0, 0.1) is 5.41 Å². The Morgan fingerprint density at radius 1 is 1.29 bits per heavy atom. The third-order valence-electron chi connectivity index (χ3n) is 4.10. The Hall–Kier alpha value is -2.07. The molecule has 1 aliphatic rings. The number of amidine groups is 1. The van der Waals surface area contributed by atoms with E-state index in [0.29, 0.717) is 6.10 Å². The molecular formula is C17H21N3O. The first kappa shape index (κ1) is 13.9. The van der Waals surface area contributed by atoms with E-state index in [1.807, 2.05) is 30.3 Å². The quantitative estimate of drug-likeness (QED) is 0.670. The van der Waals surface area contributed by atoms with E-state index in [2.05, 4.69) is 18.0 Å². The molecule has 2 aromatic carbocycles. The van der Waals surface area contributed by atoms with E-state index < -0.39 is 0 Å². The third-order valence-corrected chi connectivity index (χ3v) is 4.10. The van der Waals surface area contributed by atoms with Crippen molar-refractivity contribution >= 4 is 22.3 Å². The largest absolute Gasteiger partial charge is 0.384 e. The fourth-order valence-corrected chi connectivity index (χ4v) is 3.04. The number of hydrogen-bond acceptors (Lipinski definition) is 3. The van der Waals surface area contributed by atoms with Gasteiger partial charge in [-0.3, -0.25) is 5.41 Å². The van der Waals surface area contributed by atoms with Crippen LogP contribution in [0.5, 0.6) is 0 Å². The van der Waals surface area contributed by atoms with Crippen LogP contribution >= 0.6 is 0 Å². The summed E-state index contributed by atoms with van der Waals surface area (Å²) < 4.78 is 5.72. The van der Waals surface area contributed by atoms with E-state index in [1.165, 1.54) is 0 Å². The number of nitrogens with zero attached hydrogens (tertiary/aromatic N) is 1. The second-order valence-corrected chi connectivity index (χ2v) is 5.61. The smallest absolute Gasteiger partial charge is 0.123 e. The molecule has 1 unspecified atom stereocenters. The number of nitrogen functional groups attached to an aromatic ring is 1. The summed E-state index contributed by atoms with van der Waals surface area (Å²) >= 11 is 0. The molecule has 1 saturated heterocycles. The molecule has 0 spiro atoms. The number of likely N-dealkylation sites (N-methyl/N-ethyl adjacent to an activating group) is 1. The highest BCUT2D eigenvalue weighted by molar-refractivity contribution is 6.10. The van der Waals surface area contributed by atoms with E-state index >= 15 is 0 Å². The van der Waals surface area contributed by atoms with Crippen molar-refractivity contribution in [3.8, 4) is 0 Å². The predicted molar refractivity (Wildman–Crippen MR) is 87.2 cm³/mol. The summed E-state index contributed by atoms with van der Waals surface area (Å²) in [5.74, 6) is 0.111. The highest BCUT2D eigenvalue weighted by atomic mass is 16.5. The van der Waals surface area contributed by atoms with Crippen LogP contribution in [0.3, 0.4) is 0 Å². The number of hydrogen-bond donors (Lipinski definition) is 2. The van der Waals surface area contributed by atoms with Gasteiger partial charge in [0.2, 0.25) is 0 Å². The zero-order chi connectivity index (χ0) is 14.8. The average molecular weight is 283 g/mol. The Morgan fingerprint density at radius 2 is 2.05 bits per heavy atom. The lowest BCUT2D eigenvalue weighted by atomic mass is 10.0. The van der Waals surface area contributed by atoms with Gasteiger partial charge in [0.05, 0.1) is 6.10 Å². The van der Waals surface area contributed by atoms with Gasteiger partial charge < -0.3 is 15.4 Å². The first-order valence-electron chi connectivity index (χ1n) is 7.35. The van der Waals surface area contributed by atoms with Crippen LogP contribution in [0.1, 0.15) is 18.4 Å². The summed E-state index contributed by atoms with van der Waals surface area (Å²) in [4.78, 5) is 2.24. The van der Waals surface area contributed by atoms with Gasteiger partial charge >= 0.3 is 0 Å². The molecule has 0 radical (unpaired) electrons. The van der Waals surface area contributed by atoms with Gasteiger partial charge in [-0.15, -0.1) is 0 Å². The van der Waals surface area contributed by atoms with Crippen molar-refractivity contribution in [2.75, 3.05) is 25.1 Å². The van der Waals surface area contributed by atoms with E-state index in [-0.39, 0.29) is 5.84 Å². The molecule has 110 valence electrons. The molecule has 4 nitrogen and oxygen atoms in total. The van der Waals surface area contributed by atoms with Gasteiger partial charge in [0, 0.05) is 36.8 Å². The first-order chi connectivity index (χ1) is 10.2. The zero-order valence-corrected chi connectivity index (χ0v) is 12.3. The van der Waals surface area contributed by atoms with Crippen LogP contribution in [0.4, 0.5) is 5.69 Å². The average Bonchev–Trinajstić information content (AvgIpc) is 2.98. The molecular weight excluding hydrogens is 262 g/mol. The molecule has 3 N–H and O–H groups in total. The van der Waals surface area contributed by atoms with Crippen LogP contribution in [0.2, 0.25) is 0 Å². The first-order valence-corrected chi connectivity index (χ1v) is 7.35. The zero-order valence-electron chi connectivity index (χ0n) is 12.3. The Bertz CT molecular complexity index is 662. The molecule has 0 aliphatic carbocycles. The molecule has 1 aliphatic heterocycles. The van der Waals surface area contributed by atoms with Gasteiger partial charge in [0.15, 0.2) is 0 Å². The van der Waals surface area contributed by atoms with E-state index in [4.69, 9.17) is 15.9 Å². The van der Waals surface area contributed by atoms with Gasteiger partial charge in [0.25, 0.3) is 0 Å². The lowest BCUT2D eigenvalue weighted by Crippen LogP contribution is -2.28. The van der Waals surface area contributed by atoms with Crippen molar-refractivity contribution in [3.05, 3.63) is 42.0 Å². The van der Waals surface area contributed by atoms with Crippen LogP contribution in [0.15, 0.2) is 36.4 Å². The lowest BCUT2D eigenvalue weighted by molar-refractivity contribution is 0.116. The Labute approximate surface area is 125 Å². The molecule has 2 aromatic rings. The molecule has 1 heterocycles. The van der Waals surface area contributed by atoms with Crippen LogP contribution in [-0.2, 0) is 4.74 Å². The number of fused-ring (bicyclic) bond motifs is 1. The topological polar surface area (TPSA) is 62.3 Å². The number of rotatable bonds is 4. The summed E-state index contributed by atoms with van der Waals surface area (Å²) in [6.07, 6.45) is 2.61. The van der Waals surface area contributed by atoms with Crippen LogP contribution in [-0.4, -0.2) is 32.1 Å². The number of benzene rings is 2. The van der Waals surface area contributed by atoms with Crippen molar-refractivity contribution in [2.24, 2.45) is 5.73 Å². The third kappa shape index (κ3) is 2.72. The molecule has 3 rings (SSSR count). The Kier molecular flexibility index (Phi) is 3.80. The second kappa shape index (κ2) is 5.74. The summed E-state index contributed by atoms with van der Waals surface area (Å²) in [5, 5.41) is 9.88. The molecule has 21 heavy (non-hydrogen) atoms. The highest BCUT2D eigenvalue weighted by Gasteiger charge is 2.19. The Morgan fingerprint density at radius 3 is 2.71 bits per heavy atom. The maximum absolute atomic E-state index is 7.72. The normalized spacial score (nSPS) is 18.0. The number of nitrogens with two attached hydrogens (primary N) is 1. The minimum atomic E-state index is 0.111. The van der Waals surface area contributed by atoms with Gasteiger partial charge in [-0.05, 0) is 30.4 Å². The second-order valence-electron chi connectivity index (χ2n) is 5.61. The van der Waals surface area contributed by atoms with Gasteiger partial charge in [-0.1, -0.05) is 24.3 Å². The number of nitrogens with one attached hydrogen (secondary N) is 1. The molecule has 0 amide bonds. The summed E-state index contributed by atoms with van der Waals surface area (Å²) in [5.41, 5.74) is 7.64. The highest BCUT2D eigenvalue weighted by Crippen LogP contribution is 2.29. The van der Waals surface area contributed by atoms with Gasteiger partial charge in [-0.25, -0.2) is 0 Å². The summed E-state index contributed by atoms with van der Waals surface area (Å²) in [6.45, 7) is 1.77.